The topological polar surface area (TPSA) is 41.6 Å². The summed E-state index contributed by atoms with van der Waals surface area (Å²) in [7, 11) is 0. The maximum Gasteiger partial charge on any atom is 0.102 e. The number of hydrogen-bond acceptors (Lipinski definition) is 3. The fourth-order valence-electron chi connectivity index (χ4n) is 1.22. The lowest BCUT2D eigenvalue weighted by molar-refractivity contribution is 0.618. The Kier molecular flexibility index (Phi) is 2.61. The Morgan fingerprint density at radius 3 is 3.14 bits per heavy atom. The van der Waals surface area contributed by atoms with E-state index in [4.69, 9.17) is 5.26 Å². The number of rotatable bonds is 3. The number of nitriles is 1. The molecule has 2 aromatic rings. The Morgan fingerprint density at radius 2 is 2.50 bits per heavy atom. The summed E-state index contributed by atoms with van der Waals surface area (Å²) in [5.74, 6) is 0. The van der Waals surface area contributed by atoms with Crippen molar-refractivity contribution in [1.82, 2.24) is 9.78 Å². The molecule has 0 bridgehead atoms. The molecule has 0 spiro atoms. The van der Waals surface area contributed by atoms with Crippen LogP contribution in [0.3, 0.4) is 0 Å². The van der Waals surface area contributed by atoms with Crippen LogP contribution in [0, 0.1) is 11.3 Å². The number of aryl methyl sites for hydroxylation is 2. The van der Waals surface area contributed by atoms with Gasteiger partial charge in [-0.15, -0.1) is 11.3 Å². The van der Waals surface area contributed by atoms with Crippen LogP contribution in [-0.4, -0.2) is 9.78 Å². The fraction of sp³-hybridized carbons (Fsp3) is 0.200. The van der Waals surface area contributed by atoms with Crippen molar-refractivity contribution in [1.29, 1.82) is 5.26 Å². The van der Waals surface area contributed by atoms with E-state index in [0.717, 1.165) is 13.0 Å². The van der Waals surface area contributed by atoms with E-state index in [9.17, 15) is 0 Å². The maximum absolute atomic E-state index is 8.60. The van der Waals surface area contributed by atoms with Gasteiger partial charge >= 0.3 is 0 Å². The molecule has 4 heteroatoms. The fourth-order valence-corrected chi connectivity index (χ4v) is 1.92. The Hall–Kier alpha value is -1.60. The first-order chi connectivity index (χ1) is 6.88. The first-order valence-electron chi connectivity index (χ1n) is 4.33. The van der Waals surface area contributed by atoms with Gasteiger partial charge in [-0.1, -0.05) is 6.07 Å². The highest BCUT2D eigenvalue weighted by molar-refractivity contribution is 7.09. The van der Waals surface area contributed by atoms with E-state index >= 15 is 0 Å². The molecule has 2 heterocycles. The number of thiophene rings is 1. The molecular formula is C10H9N3S. The second-order valence-corrected chi connectivity index (χ2v) is 3.97. The van der Waals surface area contributed by atoms with Gasteiger partial charge in [-0.3, -0.25) is 4.68 Å². The van der Waals surface area contributed by atoms with E-state index in [1.54, 1.807) is 28.4 Å². The zero-order valence-electron chi connectivity index (χ0n) is 7.55. The Labute approximate surface area is 86.2 Å². The van der Waals surface area contributed by atoms with Crippen LogP contribution >= 0.6 is 11.3 Å². The summed E-state index contributed by atoms with van der Waals surface area (Å²) >= 11 is 1.75. The molecule has 14 heavy (non-hydrogen) atoms. The number of hydrogen-bond donors (Lipinski definition) is 0. The van der Waals surface area contributed by atoms with Crippen molar-refractivity contribution in [2.45, 2.75) is 13.0 Å². The van der Waals surface area contributed by atoms with E-state index in [-0.39, 0.29) is 0 Å². The molecule has 2 aromatic heterocycles. The monoisotopic (exact) mass is 203 g/mol. The highest BCUT2D eigenvalue weighted by Gasteiger charge is 1.98. The van der Waals surface area contributed by atoms with Crippen LogP contribution < -0.4 is 0 Å². The third-order valence-corrected chi connectivity index (χ3v) is 2.87. The van der Waals surface area contributed by atoms with Crippen LogP contribution in [0.5, 0.6) is 0 Å². The Bertz CT molecular complexity index is 436. The summed E-state index contributed by atoms with van der Waals surface area (Å²) in [6.07, 6.45) is 4.34. The third-order valence-electron chi connectivity index (χ3n) is 1.93. The second kappa shape index (κ2) is 4.07. The number of nitrogens with zero attached hydrogens (tertiary/aromatic N) is 3. The van der Waals surface area contributed by atoms with E-state index in [1.807, 2.05) is 6.07 Å². The van der Waals surface area contributed by atoms with Gasteiger partial charge in [-0.05, 0) is 11.4 Å². The minimum absolute atomic E-state index is 0.621. The molecule has 0 aromatic carbocycles. The molecule has 0 aliphatic carbocycles. The highest BCUT2D eigenvalue weighted by atomic mass is 32.1. The molecule has 0 amide bonds. The van der Waals surface area contributed by atoms with Gasteiger partial charge in [-0.2, -0.15) is 10.4 Å². The van der Waals surface area contributed by atoms with Crippen molar-refractivity contribution < 1.29 is 0 Å². The first kappa shape index (κ1) is 8.97. The van der Waals surface area contributed by atoms with Crippen molar-refractivity contribution in [3.05, 3.63) is 40.3 Å². The predicted octanol–water partition coefficient (Wildman–Crippen LogP) is 2.06. The van der Waals surface area contributed by atoms with Gasteiger partial charge in [0.25, 0.3) is 0 Å². The average molecular weight is 203 g/mol. The van der Waals surface area contributed by atoms with Gasteiger partial charge in [0, 0.05) is 24.0 Å². The molecule has 2 rings (SSSR count). The third kappa shape index (κ3) is 2.01. The van der Waals surface area contributed by atoms with Crippen molar-refractivity contribution >= 4 is 11.3 Å². The summed E-state index contributed by atoms with van der Waals surface area (Å²) in [6, 6.07) is 6.22. The summed E-state index contributed by atoms with van der Waals surface area (Å²) in [5, 5.41) is 14.8. The first-order valence-corrected chi connectivity index (χ1v) is 5.21. The summed E-state index contributed by atoms with van der Waals surface area (Å²) in [5.41, 5.74) is 0.621. The van der Waals surface area contributed by atoms with Crippen molar-refractivity contribution in [3.8, 4) is 6.07 Å². The lowest BCUT2D eigenvalue weighted by Crippen LogP contribution is -2.00. The standard InChI is InChI=1S/C10H9N3S/c11-6-9-7-12-13(8-9)4-3-10-2-1-5-14-10/h1-2,5,7-8H,3-4H2. The maximum atomic E-state index is 8.60. The van der Waals surface area contributed by atoms with Gasteiger partial charge in [-0.25, -0.2) is 0 Å². The molecule has 0 radical (unpaired) electrons. The quantitative estimate of drug-likeness (QED) is 0.766. The minimum Gasteiger partial charge on any atom is -0.271 e. The molecule has 0 atom stereocenters. The van der Waals surface area contributed by atoms with Crippen molar-refractivity contribution in [2.75, 3.05) is 0 Å². The van der Waals surface area contributed by atoms with E-state index in [1.165, 1.54) is 4.88 Å². The van der Waals surface area contributed by atoms with Gasteiger partial charge in [0.1, 0.15) is 6.07 Å². The zero-order chi connectivity index (χ0) is 9.80. The van der Waals surface area contributed by atoms with E-state index in [2.05, 4.69) is 22.6 Å². The molecule has 0 N–H and O–H groups in total. The van der Waals surface area contributed by atoms with Crippen LogP contribution in [0.2, 0.25) is 0 Å². The van der Waals surface area contributed by atoms with Gasteiger partial charge in [0.05, 0.1) is 11.8 Å². The molecule has 0 aliphatic heterocycles. The molecule has 0 saturated heterocycles. The van der Waals surface area contributed by atoms with Crippen LogP contribution in [0.25, 0.3) is 0 Å². The molecule has 70 valence electrons. The van der Waals surface area contributed by atoms with Crippen LogP contribution in [0.15, 0.2) is 29.9 Å². The average Bonchev–Trinajstić information content (AvgIpc) is 2.86. The van der Waals surface area contributed by atoms with Crippen LogP contribution in [0.4, 0.5) is 0 Å². The second-order valence-electron chi connectivity index (χ2n) is 2.93. The molecule has 0 aliphatic rings. The smallest absolute Gasteiger partial charge is 0.102 e. The molecule has 0 saturated carbocycles. The highest BCUT2D eigenvalue weighted by Crippen LogP contribution is 2.09. The van der Waals surface area contributed by atoms with Gasteiger partial charge < -0.3 is 0 Å². The predicted molar refractivity (Wildman–Crippen MR) is 55.0 cm³/mol. The van der Waals surface area contributed by atoms with E-state index in [0.29, 0.717) is 5.56 Å². The van der Waals surface area contributed by atoms with Crippen LogP contribution in [-0.2, 0) is 13.0 Å². The Morgan fingerprint density at radius 1 is 1.57 bits per heavy atom. The molecule has 0 fully saturated rings. The molecule has 0 unspecified atom stereocenters. The van der Waals surface area contributed by atoms with Crippen molar-refractivity contribution in [2.24, 2.45) is 0 Å². The van der Waals surface area contributed by atoms with Gasteiger partial charge in [0.2, 0.25) is 0 Å². The summed E-state index contributed by atoms with van der Waals surface area (Å²) in [6.45, 7) is 0.836. The normalized spacial score (nSPS) is 9.93. The molecular weight excluding hydrogens is 194 g/mol. The largest absolute Gasteiger partial charge is 0.271 e. The van der Waals surface area contributed by atoms with Crippen LogP contribution in [0.1, 0.15) is 10.4 Å². The SMILES string of the molecule is N#Cc1cnn(CCc2cccs2)c1. The number of aromatic nitrogens is 2. The zero-order valence-corrected chi connectivity index (χ0v) is 8.37. The summed E-state index contributed by atoms with van der Waals surface area (Å²) in [4.78, 5) is 1.35. The molecule has 3 nitrogen and oxygen atoms in total. The van der Waals surface area contributed by atoms with Gasteiger partial charge in [0.15, 0.2) is 0 Å². The Balaban J connectivity index is 1.96. The summed E-state index contributed by atoms with van der Waals surface area (Å²) < 4.78 is 1.80. The lowest BCUT2D eigenvalue weighted by atomic mass is 10.3. The minimum atomic E-state index is 0.621. The van der Waals surface area contributed by atoms with E-state index < -0.39 is 0 Å². The lowest BCUT2D eigenvalue weighted by Gasteiger charge is -1.97. The van der Waals surface area contributed by atoms with Crippen molar-refractivity contribution in [3.63, 3.8) is 0 Å².